The number of carbonyl (C=O) groups excluding carboxylic acids is 1. The normalized spacial score (nSPS) is 39.0. The van der Waals surface area contributed by atoms with Crippen molar-refractivity contribution < 1.29 is 9.53 Å². The molecule has 0 aromatic rings. The van der Waals surface area contributed by atoms with Crippen LogP contribution in [0.4, 0.5) is 0 Å². The molecule has 0 spiro atoms. The minimum atomic E-state index is 0.252. The molecule has 0 aromatic carbocycles. The maximum atomic E-state index is 12.1. The molecular weight excluding hydrogens is 264 g/mol. The molecule has 3 aliphatic rings. The van der Waals surface area contributed by atoms with Gasteiger partial charge in [-0.1, -0.05) is 6.92 Å². The maximum Gasteiger partial charge on any atom is 0.133 e. The molecule has 4 atom stereocenters. The minimum absolute atomic E-state index is 0.252. The molecule has 2 N–H and O–H groups in total. The highest BCUT2D eigenvalue weighted by Crippen LogP contribution is 2.39. The molecule has 120 valence electrons. The van der Waals surface area contributed by atoms with Gasteiger partial charge in [-0.05, 0) is 63.5 Å². The first kappa shape index (κ1) is 15.4. The zero-order valence-corrected chi connectivity index (χ0v) is 13.4. The van der Waals surface area contributed by atoms with E-state index in [1.54, 1.807) is 6.92 Å². The minimum Gasteiger partial charge on any atom is -0.381 e. The van der Waals surface area contributed by atoms with Gasteiger partial charge in [0, 0.05) is 31.2 Å². The van der Waals surface area contributed by atoms with Crippen LogP contribution in [-0.4, -0.2) is 44.2 Å². The van der Waals surface area contributed by atoms with Crippen LogP contribution in [0.2, 0.25) is 0 Å². The summed E-state index contributed by atoms with van der Waals surface area (Å²) in [5, 5.41) is 7.26. The topological polar surface area (TPSA) is 50.4 Å². The summed E-state index contributed by atoms with van der Waals surface area (Å²) in [5.74, 6) is 2.61. The summed E-state index contributed by atoms with van der Waals surface area (Å²) in [6, 6.07) is 1.08. The molecule has 0 bridgehead atoms. The van der Waals surface area contributed by atoms with Crippen molar-refractivity contribution in [1.82, 2.24) is 10.6 Å². The third-order valence-corrected chi connectivity index (χ3v) is 6.06. The van der Waals surface area contributed by atoms with Gasteiger partial charge in [0.25, 0.3) is 0 Å². The van der Waals surface area contributed by atoms with Crippen molar-refractivity contribution in [3.63, 3.8) is 0 Å². The lowest BCUT2D eigenvalue weighted by Crippen LogP contribution is -2.55. The Balaban J connectivity index is 1.65. The Hall–Kier alpha value is -0.450. The molecule has 4 heteroatoms. The van der Waals surface area contributed by atoms with E-state index in [4.69, 9.17) is 4.74 Å². The fourth-order valence-corrected chi connectivity index (χ4v) is 4.41. The van der Waals surface area contributed by atoms with Crippen LogP contribution < -0.4 is 10.6 Å². The van der Waals surface area contributed by atoms with E-state index in [1.165, 1.54) is 6.42 Å². The molecule has 21 heavy (non-hydrogen) atoms. The molecule has 2 heterocycles. The Kier molecular flexibility index (Phi) is 4.97. The number of ketones is 1. The lowest BCUT2D eigenvalue weighted by atomic mass is 9.65. The number of Topliss-reactive ketones (excluding diaryl/α,β-unsaturated/α-hetero) is 1. The average molecular weight is 294 g/mol. The molecule has 1 aliphatic carbocycles. The van der Waals surface area contributed by atoms with Gasteiger partial charge < -0.3 is 15.4 Å². The van der Waals surface area contributed by atoms with Gasteiger partial charge in [0.2, 0.25) is 0 Å². The van der Waals surface area contributed by atoms with Crippen molar-refractivity contribution in [2.24, 2.45) is 23.7 Å². The van der Waals surface area contributed by atoms with Gasteiger partial charge in [0.05, 0.1) is 0 Å². The smallest absolute Gasteiger partial charge is 0.133 e. The lowest BCUT2D eigenvalue weighted by Gasteiger charge is -2.46. The Morgan fingerprint density at radius 2 is 1.86 bits per heavy atom. The lowest BCUT2D eigenvalue weighted by molar-refractivity contribution is -0.125. The van der Waals surface area contributed by atoms with Gasteiger partial charge in [-0.15, -0.1) is 0 Å². The molecule has 3 fully saturated rings. The zero-order valence-electron chi connectivity index (χ0n) is 13.4. The van der Waals surface area contributed by atoms with Crippen molar-refractivity contribution in [3.05, 3.63) is 0 Å². The van der Waals surface area contributed by atoms with E-state index >= 15 is 0 Å². The summed E-state index contributed by atoms with van der Waals surface area (Å²) in [5.41, 5.74) is 0. The predicted octanol–water partition coefficient (Wildman–Crippen LogP) is 1.59. The van der Waals surface area contributed by atoms with E-state index in [-0.39, 0.29) is 5.92 Å². The largest absolute Gasteiger partial charge is 0.381 e. The quantitative estimate of drug-likeness (QED) is 0.827. The van der Waals surface area contributed by atoms with E-state index in [0.29, 0.717) is 29.7 Å². The van der Waals surface area contributed by atoms with Crippen molar-refractivity contribution in [3.8, 4) is 0 Å². The first-order valence-electron chi connectivity index (χ1n) is 8.70. The highest BCUT2D eigenvalue weighted by molar-refractivity contribution is 5.78. The van der Waals surface area contributed by atoms with Crippen molar-refractivity contribution in [2.75, 3.05) is 26.3 Å². The Bertz CT molecular complexity index is 362. The fourth-order valence-electron chi connectivity index (χ4n) is 4.41. The second kappa shape index (κ2) is 6.76. The van der Waals surface area contributed by atoms with E-state index in [9.17, 15) is 4.79 Å². The summed E-state index contributed by atoms with van der Waals surface area (Å²) in [4.78, 5) is 12.1. The second-order valence-corrected chi connectivity index (χ2v) is 7.39. The standard InChI is InChI=1S/C17H30N2O2/c1-11-16(12(2)20)7-13(14-9-18-10-14)8-17(11)19-15-3-5-21-6-4-15/h11,13-19H,3-10H2,1-2H3. The van der Waals surface area contributed by atoms with Crippen molar-refractivity contribution >= 4 is 5.78 Å². The number of hydrogen-bond donors (Lipinski definition) is 2. The number of nitrogens with one attached hydrogen (secondary N) is 2. The molecule has 0 amide bonds. The van der Waals surface area contributed by atoms with Crippen LogP contribution >= 0.6 is 0 Å². The highest BCUT2D eigenvalue weighted by atomic mass is 16.5. The summed E-state index contributed by atoms with van der Waals surface area (Å²) in [7, 11) is 0. The Labute approximate surface area is 128 Å². The monoisotopic (exact) mass is 294 g/mol. The van der Waals surface area contributed by atoms with Crippen LogP contribution in [0.3, 0.4) is 0 Å². The van der Waals surface area contributed by atoms with Crippen LogP contribution in [0.25, 0.3) is 0 Å². The molecule has 4 unspecified atom stereocenters. The summed E-state index contributed by atoms with van der Waals surface area (Å²) in [6.45, 7) is 8.11. The number of carbonyl (C=O) groups is 1. The van der Waals surface area contributed by atoms with Crippen LogP contribution in [0.1, 0.15) is 39.5 Å². The van der Waals surface area contributed by atoms with Crippen LogP contribution in [-0.2, 0) is 9.53 Å². The van der Waals surface area contributed by atoms with Crippen molar-refractivity contribution in [2.45, 2.75) is 51.6 Å². The van der Waals surface area contributed by atoms with Gasteiger partial charge in [-0.3, -0.25) is 4.79 Å². The van der Waals surface area contributed by atoms with Gasteiger partial charge in [0.15, 0.2) is 0 Å². The summed E-state index contributed by atoms with van der Waals surface area (Å²) < 4.78 is 5.46. The molecule has 0 aromatic heterocycles. The summed E-state index contributed by atoms with van der Waals surface area (Å²) in [6.07, 6.45) is 4.58. The van der Waals surface area contributed by atoms with E-state index in [1.807, 2.05) is 0 Å². The van der Waals surface area contributed by atoms with Crippen LogP contribution in [0, 0.1) is 23.7 Å². The Morgan fingerprint density at radius 1 is 1.14 bits per heavy atom. The van der Waals surface area contributed by atoms with Gasteiger partial charge in [-0.25, -0.2) is 0 Å². The number of ether oxygens (including phenoxy) is 1. The molecule has 2 saturated heterocycles. The molecule has 0 radical (unpaired) electrons. The maximum absolute atomic E-state index is 12.1. The number of rotatable bonds is 4. The van der Waals surface area contributed by atoms with Crippen LogP contribution in [0.5, 0.6) is 0 Å². The molecule has 3 rings (SSSR count). The van der Waals surface area contributed by atoms with Gasteiger partial charge in [0.1, 0.15) is 5.78 Å². The van der Waals surface area contributed by atoms with Crippen LogP contribution in [0.15, 0.2) is 0 Å². The van der Waals surface area contributed by atoms with E-state index in [2.05, 4.69) is 17.6 Å². The molecule has 2 aliphatic heterocycles. The predicted molar refractivity (Wildman–Crippen MR) is 83.2 cm³/mol. The van der Waals surface area contributed by atoms with Crippen molar-refractivity contribution in [1.29, 1.82) is 0 Å². The molecular formula is C17H30N2O2. The summed E-state index contributed by atoms with van der Waals surface area (Å²) >= 11 is 0. The first-order chi connectivity index (χ1) is 10.1. The molecule has 4 nitrogen and oxygen atoms in total. The van der Waals surface area contributed by atoms with Gasteiger partial charge in [-0.2, -0.15) is 0 Å². The van der Waals surface area contributed by atoms with E-state index in [0.717, 1.165) is 51.5 Å². The third-order valence-electron chi connectivity index (χ3n) is 6.06. The van der Waals surface area contributed by atoms with E-state index < -0.39 is 0 Å². The first-order valence-corrected chi connectivity index (χ1v) is 8.70. The molecule has 1 saturated carbocycles. The Morgan fingerprint density at radius 3 is 2.43 bits per heavy atom. The zero-order chi connectivity index (χ0) is 14.8. The van der Waals surface area contributed by atoms with Gasteiger partial charge >= 0.3 is 0 Å². The highest BCUT2D eigenvalue weighted by Gasteiger charge is 2.41. The fraction of sp³-hybridized carbons (Fsp3) is 0.941. The second-order valence-electron chi connectivity index (χ2n) is 7.39. The third kappa shape index (κ3) is 3.49. The SMILES string of the molecule is CC(=O)C1CC(C2CNC2)CC(NC2CCOCC2)C1C. The number of hydrogen-bond acceptors (Lipinski definition) is 4. The average Bonchev–Trinajstić information content (AvgIpc) is 2.41.